The molecular formula is C22H32N3Ni-. The van der Waals surface area contributed by atoms with E-state index in [2.05, 4.69) is 71.1 Å². The maximum absolute atomic E-state index is 6.42. The van der Waals surface area contributed by atoms with Crippen molar-refractivity contribution in [2.75, 3.05) is 13.1 Å². The Balaban J connectivity index is 0.00000338. The number of hydrogen-bond acceptors (Lipinski definition) is 2. The van der Waals surface area contributed by atoms with E-state index in [-0.39, 0.29) is 28.6 Å². The van der Waals surface area contributed by atoms with E-state index in [1.54, 1.807) is 0 Å². The summed E-state index contributed by atoms with van der Waals surface area (Å²) in [4.78, 5) is 0. The van der Waals surface area contributed by atoms with Crippen LogP contribution in [0.5, 0.6) is 0 Å². The van der Waals surface area contributed by atoms with Gasteiger partial charge in [-0.15, -0.1) is 13.1 Å². The fraction of sp³-hybridized carbons (Fsp3) is 0.455. The Hall–Kier alpha value is -1.19. The molecule has 0 aliphatic rings. The molecule has 0 heterocycles. The standard InChI is InChI=1S/C22H32N3.Ni/c1-13-7-15(3)21(16(4)8-13)19(23)11-25-12-20(24)22-17(5)9-14(2)10-18(22)6;/h7-10,19-20H,11-12,23-24H2,1-6H3;/q-1;. The average molecular weight is 397 g/mol. The second-order valence-electron chi connectivity index (χ2n) is 7.43. The number of benzene rings is 2. The fourth-order valence-electron chi connectivity index (χ4n) is 4.09. The van der Waals surface area contributed by atoms with Crippen molar-refractivity contribution in [3.05, 3.63) is 74.1 Å². The van der Waals surface area contributed by atoms with Crippen LogP contribution in [0.2, 0.25) is 0 Å². The molecule has 0 aliphatic heterocycles. The zero-order valence-corrected chi connectivity index (χ0v) is 17.8. The average Bonchev–Trinajstić information content (AvgIpc) is 2.44. The van der Waals surface area contributed by atoms with E-state index >= 15 is 0 Å². The molecule has 0 aliphatic carbocycles. The SMILES string of the molecule is Cc1cc(C)c(C(N)C[N-]CC(N)c2c(C)cc(C)cc2C)c(C)c1.[Ni]. The summed E-state index contributed by atoms with van der Waals surface area (Å²) in [5.41, 5.74) is 22.8. The van der Waals surface area contributed by atoms with Gasteiger partial charge in [-0.2, -0.15) is 0 Å². The van der Waals surface area contributed by atoms with Gasteiger partial charge in [-0.05, 0) is 74.9 Å². The number of aryl methyl sites for hydroxylation is 6. The van der Waals surface area contributed by atoms with Crippen LogP contribution in [0.25, 0.3) is 5.32 Å². The fourth-order valence-corrected chi connectivity index (χ4v) is 4.09. The van der Waals surface area contributed by atoms with E-state index in [0.717, 1.165) is 0 Å². The van der Waals surface area contributed by atoms with E-state index in [1.807, 2.05) is 0 Å². The Kier molecular flexibility index (Phi) is 8.49. The minimum absolute atomic E-state index is 0. The molecule has 0 amide bonds. The summed E-state index contributed by atoms with van der Waals surface area (Å²) < 4.78 is 0. The Morgan fingerprint density at radius 2 is 0.923 bits per heavy atom. The molecule has 3 nitrogen and oxygen atoms in total. The quantitative estimate of drug-likeness (QED) is 0.700. The third-order valence-corrected chi connectivity index (χ3v) is 4.87. The largest absolute Gasteiger partial charge is 0.659 e. The van der Waals surface area contributed by atoms with Gasteiger partial charge in [0.1, 0.15) is 0 Å². The van der Waals surface area contributed by atoms with Gasteiger partial charge in [-0.3, -0.25) is 0 Å². The predicted molar refractivity (Wildman–Crippen MR) is 108 cm³/mol. The van der Waals surface area contributed by atoms with Gasteiger partial charge in [0.25, 0.3) is 0 Å². The normalized spacial score (nSPS) is 13.2. The van der Waals surface area contributed by atoms with Crippen LogP contribution in [0.3, 0.4) is 0 Å². The van der Waals surface area contributed by atoms with Crippen molar-refractivity contribution in [2.24, 2.45) is 11.5 Å². The maximum atomic E-state index is 6.42. The molecule has 0 aromatic heterocycles. The van der Waals surface area contributed by atoms with Crippen LogP contribution in [0.15, 0.2) is 24.3 Å². The second kappa shape index (κ2) is 9.66. The van der Waals surface area contributed by atoms with Crippen molar-refractivity contribution in [3.63, 3.8) is 0 Å². The van der Waals surface area contributed by atoms with E-state index in [4.69, 9.17) is 11.5 Å². The first-order valence-corrected chi connectivity index (χ1v) is 9.00. The minimum Gasteiger partial charge on any atom is -0.659 e. The summed E-state index contributed by atoms with van der Waals surface area (Å²) in [5, 5.41) is 4.68. The maximum Gasteiger partial charge on any atom is 0.0110 e. The van der Waals surface area contributed by atoms with Crippen molar-refractivity contribution >= 4 is 0 Å². The topological polar surface area (TPSA) is 66.1 Å². The predicted octanol–water partition coefficient (Wildman–Crippen LogP) is 4.61. The van der Waals surface area contributed by atoms with E-state index in [0.29, 0.717) is 13.1 Å². The number of nitrogens with two attached hydrogens (primary N) is 2. The van der Waals surface area contributed by atoms with Gasteiger partial charge in [0, 0.05) is 28.6 Å². The zero-order chi connectivity index (χ0) is 18.7. The molecule has 2 aromatic rings. The van der Waals surface area contributed by atoms with Crippen molar-refractivity contribution in [3.8, 4) is 0 Å². The molecule has 0 fully saturated rings. The smallest absolute Gasteiger partial charge is 0.0110 e. The molecule has 2 aromatic carbocycles. The summed E-state index contributed by atoms with van der Waals surface area (Å²) >= 11 is 0. The monoisotopic (exact) mass is 396 g/mol. The first-order chi connectivity index (χ1) is 11.7. The van der Waals surface area contributed by atoms with Gasteiger partial charge in [-0.1, -0.05) is 35.4 Å². The molecule has 4 heteroatoms. The third kappa shape index (κ3) is 5.41. The first-order valence-electron chi connectivity index (χ1n) is 9.00. The summed E-state index contributed by atoms with van der Waals surface area (Å²) in [6, 6.07) is 8.60. The molecule has 26 heavy (non-hydrogen) atoms. The van der Waals surface area contributed by atoms with Gasteiger partial charge < -0.3 is 16.8 Å². The number of hydrogen-bond donors (Lipinski definition) is 2. The van der Waals surface area contributed by atoms with Gasteiger partial charge in [-0.25, -0.2) is 0 Å². The molecule has 146 valence electrons. The molecule has 2 rings (SSSR count). The molecule has 0 bridgehead atoms. The summed E-state index contributed by atoms with van der Waals surface area (Å²) in [6.07, 6.45) is 0. The summed E-state index contributed by atoms with van der Waals surface area (Å²) in [6.45, 7) is 13.9. The first kappa shape index (κ1) is 22.9. The van der Waals surface area contributed by atoms with Crippen molar-refractivity contribution in [1.29, 1.82) is 0 Å². The van der Waals surface area contributed by atoms with Gasteiger partial charge in [0.05, 0.1) is 0 Å². The number of nitrogens with zero attached hydrogens (tertiary/aromatic N) is 1. The van der Waals surface area contributed by atoms with Crippen molar-refractivity contribution in [1.82, 2.24) is 0 Å². The summed E-state index contributed by atoms with van der Waals surface area (Å²) in [7, 11) is 0. The van der Waals surface area contributed by atoms with Crippen molar-refractivity contribution < 1.29 is 16.5 Å². The molecule has 4 N–H and O–H groups in total. The van der Waals surface area contributed by atoms with Crippen LogP contribution in [0.4, 0.5) is 0 Å². The third-order valence-electron chi connectivity index (χ3n) is 4.87. The van der Waals surface area contributed by atoms with E-state index in [1.165, 1.54) is 44.5 Å². The van der Waals surface area contributed by atoms with Gasteiger partial charge in [0.2, 0.25) is 0 Å². The molecule has 0 saturated carbocycles. The van der Waals surface area contributed by atoms with Crippen LogP contribution in [0, 0.1) is 41.5 Å². The van der Waals surface area contributed by atoms with Crippen LogP contribution >= 0.6 is 0 Å². The molecule has 2 unspecified atom stereocenters. The van der Waals surface area contributed by atoms with E-state index < -0.39 is 0 Å². The Morgan fingerprint density at radius 3 is 1.19 bits per heavy atom. The molecule has 2 atom stereocenters. The van der Waals surface area contributed by atoms with E-state index in [9.17, 15) is 0 Å². The Bertz CT molecular complexity index is 646. The van der Waals surface area contributed by atoms with Crippen LogP contribution in [0.1, 0.15) is 56.6 Å². The van der Waals surface area contributed by atoms with Crippen LogP contribution in [-0.2, 0) is 16.5 Å². The molecule has 0 saturated heterocycles. The van der Waals surface area contributed by atoms with Crippen LogP contribution < -0.4 is 11.5 Å². The second-order valence-corrected chi connectivity index (χ2v) is 7.43. The van der Waals surface area contributed by atoms with Crippen LogP contribution in [-0.4, -0.2) is 13.1 Å². The summed E-state index contributed by atoms with van der Waals surface area (Å²) in [5.74, 6) is 0. The Labute approximate surface area is 168 Å². The molecule has 0 spiro atoms. The minimum atomic E-state index is -0.0759. The van der Waals surface area contributed by atoms with Gasteiger partial charge in [0.15, 0.2) is 0 Å². The number of rotatable bonds is 6. The zero-order valence-electron chi connectivity index (χ0n) is 16.8. The molecule has 0 radical (unpaired) electrons. The van der Waals surface area contributed by atoms with Gasteiger partial charge >= 0.3 is 0 Å². The Morgan fingerprint density at radius 1 is 0.654 bits per heavy atom. The molecular weight excluding hydrogens is 365 g/mol. The van der Waals surface area contributed by atoms with Crippen molar-refractivity contribution in [2.45, 2.75) is 53.6 Å².